The van der Waals surface area contributed by atoms with E-state index in [0.717, 1.165) is 27.1 Å². The first-order valence-electron chi connectivity index (χ1n) is 8.48. The van der Waals surface area contributed by atoms with Crippen LogP contribution in [0.5, 0.6) is 0 Å². The van der Waals surface area contributed by atoms with Crippen molar-refractivity contribution in [2.24, 2.45) is 0 Å². The lowest BCUT2D eigenvalue weighted by Crippen LogP contribution is -2.36. The van der Waals surface area contributed by atoms with Gasteiger partial charge >= 0.3 is 0 Å². The number of hydrogen-bond acceptors (Lipinski definition) is 5. The Kier molecular flexibility index (Phi) is 6.73. The minimum absolute atomic E-state index is 0.300. The number of anilines is 1. The fourth-order valence-electron chi connectivity index (χ4n) is 2.51. The second-order valence-corrected chi connectivity index (χ2v) is 7.71. The van der Waals surface area contributed by atoms with Gasteiger partial charge < -0.3 is 5.32 Å². The van der Waals surface area contributed by atoms with Crippen LogP contribution in [0.15, 0.2) is 76.5 Å². The Morgan fingerprint density at radius 3 is 2.68 bits per heavy atom. The summed E-state index contributed by atoms with van der Waals surface area (Å²) < 4.78 is 0. The van der Waals surface area contributed by atoms with Crippen molar-refractivity contribution in [2.45, 2.75) is 4.90 Å². The van der Waals surface area contributed by atoms with Crippen LogP contribution < -0.4 is 5.32 Å². The summed E-state index contributed by atoms with van der Waals surface area (Å²) in [4.78, 5) is 39.1. The molecule has 2 aromatic carbocycles. The maximum absolute atomic E-state index is 12.4. The van der Waals surface area contributed by atoms with Crippen molar-refractivity contribution in [2.75, 3.05) is 18.1 Å². The van der Waals surface area contributed by atoms with Crippen LogP contribution in [0, 0.1) is 0 Å². The molecule has 1 heterocycles. The lowest BCUT2D eigenvalue weighted by molar-refractivity contribution is -0.127. The summed E-state index contributed by atoms with van der Waals surface area (Å²) in [5, 5.41) is 2.28. The molecule has 7 heteroatoms. The van der Waals surface area contributed by atoms with E-state index in [0.29, 0.717) is 10.6 Å². The molecule has 0 bridgehead atoms. The third-order valence-electron chi connectivity index (χ3n) is 3.86. The Balaban J connectivity index is 1.62. The van der Waals surface area contributed by atoms with Crippen molar-refractivity contribution in [1.82, 2.24) is 4.90 Å². The van der Waals surface area contributed by atoms with E-state index in [-0.39, 0.29) is 6.54 Å². The predicted molar refractivity (Wildman–Crippen MR) is 115 cm³/mol. The van der Waals surface area contributed by atoms with Gasteiger partial charge in [0.1, 0.15) is 6.54 Å². The highest BCUT2D eigenvalue weighted by molar-refractivity contribution is 8.18. The highest BCUT2D eigenvalue weighted by Crippen LogP contribution is 2.30. The first-order valence-corrected chi connectivity index (χ1v) is 10.5. The van der Waals surface area contributed by atoms with Crippen LogP contribution in [0.1, 0.15) is 5.56 Å². The van der Waals surface area contributed by atoms with E-state index in [1.165, 1.54) is 0 Å². The van der Waals surface area contributed by atoms with Crippen LogP contribution in [-0.4, -0.2) is 34.8 Å². The van der Waals surface area contributed by atoms with Crippen LogP contribution in [0.2, 0.25) is 0 Å². The zero-order valence-electron chi connectivity index (χ0n) is 15.1. The molecule has 0 atom stereocenters. The van der Waals surface area contributed by atoms with Crippen molar-refractivity contribution >= 4 is 52.3 Å². The Labute approximate surface area is 171 Å². The Hall–Kier alpha value is -2.77. The van der Waals surface area contributed by atoms with Crippen LogP contribution >= 0.6 is 23.5 Å². The van der Waals surface area contributed by atoms with Crippen LogP contribution in [0.3, 0.4) is 0 Å². The van der Waals surface area contributed by atoms with Crippen LogP contribution in [0.25, 0.3) is 6.08 Å². The lowest BCUT2D eigenvalue weighted by Gasteiger charge is -2.12. The Morgan fingerprint density at radius 2 is 1.93 bits per heavy atom. The van der Waals surface area contributed by atoms with Gasteiger partial charge in [0.25, 0.3) is 11.1 Å². The highest BCUT2D eigenvalue weighted by atomic mass is 32.2. The summed E-state index contributed by atoms with van der Waals surface area (Å²) in [7, 11) is 0. The molecular weight excluding hydrogens is 392 g/mol. The number of thioether (sulfide) groups is 2. The van der Waals surface area contributed by atoms with E-state index in [2.05, 4.69) is 5.32 Å². The van der Waals surface area contributed by atoms with Crippen LogP contribution in [0.4, 0.5) is 10.5 Å². The number of imide groups is 1. The fourth-order valence-corrected chi connectivity index (χ4v) is 3.76. The summed E-state index contributed by atoms with van der Waals surface area (Å²) in [6.07, 6.45) is 7.11. The first kappa shape index (κ1) is 20.0. The number of benzene rings is 2. The molecule has 1 aliphatic rings. The maximum Gasteiger partial charge on any atom is 0.294 e. The molecule has 5 nitrogen and oxygen atoms in total. The van der Waals surface area contributed by atoms with Gasteiger partial charge in [-0.2, -0.15) is 0 Å². The minimum atomic E-state index is -0.458. The van der Waals surface area contributed by atoms with Gasteiger partial charge in [-0.25, -0.2) is 0 Å². The van der Waals surface area contributed by atoms with Gasteiger partial charge in [-0.3, -0.25) is 19.3 Å². The zero-order chi connectivity index (χ0) is 19.9. The third kappa shape index (κ3) is 5.15. The summed E-state index contributed by atoms with van der Waals surface area (Å²) in [6.45, 7) is -0.312. The van der Waals surface area contributed by atoms with Crippen molar-refractivity contribution in [3.8, 4) is 0 Å². The molecular formula is C21H18N2O3S2. The summed E-state index contributed by atoms with van der Waals surface area (Å²) >= 11 is 2.40. The molecule has 0 aromatic heterocycles. The molecule has 1 fully saturated rings. The number of hydrogen-bond donors (Lipinski definition) is 1. The van der Waals surface area contributed by atoms with E-state index in [1.54, 1.807) is 30.0 Å². The van der Waals surface area contributed by atoms with E-state index < -0.39 is 17.1 Å². The standard InChI is InChI=1S/C21H18N2O3S2/c1-27-17-11-6-10-16(13-17)22-19(24)14-23-20(25)18(28-21(23)26)12-5-9-15-7-3-2-4-8-15/h2-13H,14H2,1H3,(H,22,24). The molecule has 3 amide bonds. The van der Waals surface area contributed by atoms with Crippen LogP contribution in [-0.2, 0) is 9.59 Å². The number of allylic oxidation sites excluding steroid dienone is 2. The van der Waals surface area contributed by atoms with Gasteiger partial charge in [0.2, 0.25) is 5.91 Å². The molecule has 28 heavy (non-hydrogen) atoms. The van der Waals surface area contributed by atoms with Gasteiger partial charge in [0.15, 0.2) is 0 Å². The fraction of sp³-hybridized carbons (Fsp3) is 0.0952. The average Bonchev–Trinajstić information content (AvgIpc) is 2.96. The van der Waals surface area contributed by atoms with Gasteiger partial charge in [0.05, 0.1) is 4.91 Å². The van der Waals surface area contributed by atoms with Gasteiger partial charge in [-0.05, 0) is 47.9 Å². The van der Waals surface area contributed by atoms with Crippen molar-refractivity contribution < 1.29 is 14.4 Å². The zero-order valence-corrected chi connectivity index (χ0v) is 16.8. The quantitative estimate of drug-likeness (QED) is 0.555. The Bertz CT molecular complexity index is 955. The van der Waals surface area contributed by atoms with Gasteiger partial charge in [-0.15, -0.1) is 11.8 Å². The van der Waals surface area contributed by atoms with E-state index in [9.17, 15) is 14.4 Å². The molecule has 0 unspecified atom stereocenters. The number of amides is 3. The normalized spacial score (nSPS) is 15.6. The summed E-state index contributed by atoms with van der Waals surface area (Å²) in [5.41, 5.74) is 1.62. The third-order valence-corrected chi connectivity index (χ3v) is 5.52. The molecule has 0 radical (unpaired) electrons. The molecule has 1 aliphatic heterocycles. The molecule has 0 spiro atoms. The van der Waals surface area contributed by atoms with E-state index in [4.69, 9.17) is 0 Å². The van der Waals surface area contributed by atoms with E-state index >= 15 is 0 Å². The average molecular weight is 411 g/mol. The second kappa shape index (κ2) is 9.43. The van der Waals surface area contributed by atoms with Crippen molar-refractivity contribution in [3.05, 3.63) is 77.2 Å². The largest absolute Gasteiger partial charge is 0.324 e. The summed E-state index contributed by atoms with van der Waals surface area (Å²) in [5.74, 6) is -0.873. The van der Waals surface area contributed by atoms with Crippen molar-refractivity contribution in [1.29, 1.82) is 0 Å². The topological polar surface area (TPSA) is 66.5 Å². The Morgan fingerprint density at radius 1 is 1.14 bits per heavy atom. The number of carbonyl (C=O) groups is 3. The van der Waals surface area contributed by atoms with E-state index in [1.807, 2.05) is 60.9 Å². The molecule has 1 N–H and O–H groups in total. The number of carbonyl (C=O) groups excluding carboxylic acids is 3. The molecule has 2 aromatic rings. The SMILES string of the molecule is CSc1cccc(NC(=O)CN2C(=O)SC(=CC=Cc3ccccc3)C2=O)c1. The molecule has 1 saturated heterocycles. The molecule has 3 rings (SSSR count). The van der Waals surface area contributed by atoms with Gasteiger partial charge in [-0.1, -0.05) is 48.6 Å². The smallest absolute Gasteiger partial charge is 0.294 e. The maximum atomic E-state index is 12.4. The monoisotopic (exact) mass is 410 g/mol. The summed E-state index contributed by atoms with van der Waals surface area (Å²) in [6, 6.07) is 17.0. The first-order chi connectivity index (χ1) is 13.6. The number of nitrogens with zero attached hydrogens (tertiary/aromatic N) is 1. The number of rotatable bonds is 6. The molecule has 0 saturated carbocycles. The van der Waals surface area contributed by atoms with Gasteiger partial charge in [0, 0.05) is 10.6 Å². The highest BCUT2D eigenvalue weighted by Gasteiger charge is 2.35. The number of nitrogens with one attached hydrogen (secondary N) is 1. The molecule has 0 aliphatic carbocycles. The second-order valence-electron chi connectivity index (χ2n) is 5.84. The minimum Gasteiger partial charge on any atom is -0.324 e. The van der Waals surface area contributed by atoms with Crippen molar-refractivity contribution in [3.63, 3.8) is 0 Å². The molecule has 142 valence electrons. The lowest BCUT2D eigenvalue weighted by atomic mass is 10.2. The predicted octanol–water partition coefficient (Wildman–Crippen LogP) is 4.64.